The number of rotatable bonds is 7. The molecule has 0 aliphatic carbocycles. The summed E-state index contributed by atoms with van der Waals surface area (Å²) in [4.78, 5) is -0.634. The molecule has 2 N–H and O–H groups in total. The highest BCUT2D eigenvalue weighted by atomic mass is 32.1. The van der Waals surface area contributed by atoms with Crippen molar-refractivity contribution in [3.05, 3.63) is 60.2 Å². The van der Waals surface area contributed by atoms with Gasteiger partial charge in [-0.15, -0.1) is 0 Å². The number of alkyl halides is 3. The summed E-state index contributed by atoms with van der Waals surface area (Å²) < 4.78 is 48.9. The van der Waals surface area contributed by atoms with E-state index < -0.39 is 23.7 Å². The van der Waals surface area contributed by atoms with E-state index >= 15 is 0 Å². The Morgan fingerprint density at radius 3 is 2.00 bits per heavy atom. The first kappa shape index (κ1) is 18.1. The summed E-state index contributed by atoms with van der Waals surface area (Å²) >= 11 is 4.44. The van der Waals surface area contributed by atoms with Crippen LogP contribution in [0.15, 0.2) is 54.6 Å². The highest BCUT2D eigenvalue weighted by Gasteiger charge is 2.42. The van der Waals surface area contributed by atoms with Crippen LogP contribution in [0.1, 0.15) is 5.56 Å². The summed E-state index contributed by atoms with van der Waals surface area (Å²) in [6, 6.07) is 15.9. The van der Waals surface area contributed by atoms with E-state index in [2.05, 4.69) is 12.2 Å². The molecule has 0 fully saturated rings. The molecular formula is C17H16F3NO2S. The number of hydrogen-bond donors (Lipinski definition) is 1. The molecule has 3 nitrogen and oxygen atoms in total. The largest absolute Gasteiger partial charge is 0.493 e. The molecule has 0 saturated carbocycles. The van der Waals surface area contributed by atoms with Crippen LogP contribution >= 0.6 is 12.2 Å². The smallest absolute Gasteiger partial charge is 0.401 e. The molecule has 0 radical (unpaired) electrons. The molecule has 24 heavy (non-hydrogen) atoms. The first-order valence-electron chi connectivity index (χ1n) is 7.12. The van der Waals surface area contributed by atoms with E-state index in [1.807, 2.05) is 30.3 Å². The Bertz CT molecular complexity index is 660. The predicted octanol–water partition coefficient (Wildman–Crippen LogP) is 4.11. The van der Waals surface area contributed by atoms with Gasteiger partial charge in [0.2, 0.25) is 0 Å². The zero-order chi connectivity index (χ0) is 17.6. The summed E-state index contributed by atoms with van der Waals surface area (Å²) in [5.41, 5.74) is 6.13. The average Bonchev–Trinajstić information content (AvgIpc) is 2.53. The van der Waals surface area contributed by atoms with Crippen molar-refractivity contribution in [2.75, 3.05) is 6.61 Å². The second-order valence-corrected chi connectivity index (χ2v) is 5.52. The van der Waals surface area contributed by atoms with Crippen LogP contribution in [0.25, 0.3) is 0 Å². The summed E-state index contributed by atoms with van der Waals surface area (Å²) in [6.07, 6.45) is -4.52. The molecule has 1 atom stereocenters. The van der Waals surface area contributed by atoms with Gasteiger partial charge < -0.3 is 15.2 Å². The van der Waals surface area contributed by atoms with Crippen molar-refractivity contribution in [2.45, 2.75) is 12.8 Å². The number of benzene rings is 2. The minimum atomic E-state index is -4.52. The van der Waals surface area contributed by atoms with Crippen LogP contribution in [0.5, 0.6) is 11.5 Å². The van der Waals surface area contributed by atoms with Gasteiger partial charge >= 0.3 is 6.18 Å². The quantitative estimate of drug-likeness (QED) is 0.759. The number of nitrogens with two attached hydrogens (primary N) is 1. The van der Waals surface area contributed by atoms with Crippen LogP contribution in [0.4, 0.5) is 13.2 Å². The van der Waals surface area contributed by atoms with Gasteiger partial charge in [-0.25, -0.2) is 0 Å². The predicted molar refractivity (Wildman–Crippen MR) is 89.0 cm³/mol. The fourth-order valence-corrected chi connectivity index (χ4v) is 2.09. The minimum Gasteiger partial charge on any atom is -0.493 e. The van der Waals surface area contributed by atoms with Gasteiger partial charge in [-0.2, -0.15) is 13.2 Å². The molecule has 0 amide bonds. The van der Waals surface area contributed by atoms with E-state index in [-0.39, 0.29) is 5.75 Å². The Labute approximate surface area is 143 Å². The fraction of sp³-hybridized carbons (Fsp3) is 0.235. The number of thiocarbonyl (C=S) groups is 1. The van der Waals surface area contributed by atoms with Crippen molar-refractivity contribution in [3.63, 3.8) is 0 Å². The third-order valence-corrected chi connectivity index (χ3v) is 3.51. The molecule has 0 bridgehead atoms. The average molecular weight is 355 g/mol. The van der Waals surface area contributed by atoms with Crippen LogP contribution < -0.4 is 15.2 Å². The van der Waals surface area contributed by atoms with Gasteiger partial charge in [0.25, 0.3) is 0 Å². The Hall–Kier alpha value is -2.28. The second kappa shape index (κ2) is 8.01. The maximum Gasteiger partial charge on any atom is 0.401 e. The van der Waals surface area contributed by atoms with E-state index in [1.54, 1.807) is 12.1 Å². The highest BCUT2D eigenvalue weighted by Crippen LogP contribution is 2.28. The lowest BCUT2D eigenvalue weighted by molar-refractivity contribution is -0.161. The highest BCUT2D eigenvalue weighted by molar-refractivity contribution is 7.80. The molecule has 0 heterocycles. The van der Waals surface area contributed by atoms with Gasteiger partial charge in [0, 0.05) is 0 Å². The molecule has 7 heteroatoms. The van der Waals surface area contributed by atoms with Gasteiger partial charge in [-0.1, -0.05) is 42.5 Å². The molecule has 0 spiro atoms. The Morgan fingerprint density at radius 1 is 0.958 bits per heavy atom. The van der Waals surface area contributed by atoms with Crippen molar-refractivity contribution in [3.8, 4) is 11.5 Å². The molecule has 0 saturated heterocycles. The number of halogens is 3. The van der Waals surface area contributed by atoms with Crippen LogP contribution in [0.2, 0.25) is 0 Å². The molecule has 2 aromatic carbocycles. The topological polar surface area (TPSA) is 44.5 Å². The first-order valence-corrected chi connectivity index (χ1v) is 7.52. The zero-order valence-corrected chi connectivity index (χ0v) is 13.4. The van der Waals surface area contributed by atoms with Crippen LogP contribution in [-0.2, 0) is 6.61 Å². The molecular weight excluding hydrogens is 339 g/mol. The summed E-state index contributed by atoms with van der Waals surface area (Å²) in [5.74, 6) is -1.10. The van der Waals surface area contributed by atoms with Gasteiger partial charge in [0.1, 0.15) is 30.6 Å². The van der Waals surface area contributed by atoms with Crippen molar-refractivity contribution >= 4 is 17.2 Å². The molecule has 0 aliphatic heterocycles. The Morgan fingerprint density at radius 2 is 1.50 bits per heavy atom. The van der Waals surface area contributed by atoms with Gasteiger partial charge in [-0.05, 0) is 29.8 Å². The third-order valence-electron chi connectivity index (χ3n) is 3.23. The van der Waals surface area contributed by atoms with E-state index in [4.69, 9.17) is 15.2 Å². The summed E-state index contributed by atoms with van der Waals surface area (Å²) in [5, 5.41) is 0. The molecule has 1 unspecified atom stereocenters. The molecule has 2 rings (SSSR count). The van der Waals surface area contributed by atoms with Crippen molar-refractivity contribution in [2.24, 2.45) is 11.7 Å². The summed E-state index contributed by atoms with van der Waals surface area (Å²) in [6.45, 7) is -0.248. The lowest BCUT2D eigenvalue weighted by Crippen LogP contribution is -2.38. The van der Waals surface area contributed by atoms with E-state index in [9.17, 15) is 13.2 Å². The van der Waals surface area contributed by atoms with Gasteiger partial charge in [0.05, 0.1) is 4.99 Å². The van der Waals surface area contributed by atoms with Crippen molar-refractivity contribution < 1.29 is 22.6 Å². The maximum atomic E-state index is 12.7. The minimum absolute atomic E-state index is 0.285. The maximum absolute atomic E-state index is 12.7. The van der Waals surface area contributed by atoms with Gasteiger partial charge in [-0.3, -0.25) is 0 Å². The van der Waals surface area contributed by atoms with Crippen LogP contribution in [-0.4, -0.2) is 17.8 Å². The monoisotopic (exact) mass is 355 g/mol. The normalized spacial score (nSPS) is 12.5. The lowest BCUT2D eigenvalue weighted by atomic mass is 10.1. The van der Waals surface area contributed by atoms with E-state index in [0.29, 0.717) is 12.4 Å². The zero-order valence-electron chi connectivity index (χ0n) is 12.6. The fourth-order valence-electron chi connectivity index (χ4n) is 1.89. The van der Waals surface area contributed by atoms with Crippen molar-refractivity contribution in [1.82, 2.24) is 0 Å². The van der Waals surface area contributed by atoms with Crippen LogP contribution in [0.3, 0.4) is 0 Å². The Kier molecular flexibility index (Phi) is 6.03. The van der Waals surface area contributed by atoms with Crippen molar-refractivity contribution in [1.29, 1.82) is 0 Å². The van der Waals surface area contributed by atoms with Gasteiger partial charge in [0.15, 0.2) is 0 Å². The Balaban J connectivity index is 1.89. The second-order valence-electron chi connectivity index (χ2n) is 5.05. The summed E-state index contributed by atoms with van der Waals surface area (Å²) in [7, 11) is 0. The standard InChI is InChI=1S/C17H16F3NO2S/c18-17(19,20)15(16(21)24)11-23-14-8-6-13(7-9-14)22-10-12-4-2-1-3-5-12/h1-9,15H,10-11H2,(H2,21,24). The molecule has 128 valence electrons. The first-order chi connectivity index (χ1) is 11.4. The lowest BCUT2D eigenvalue weighted by Gasteiger charge is -2.19. The SMILES string of the molecule is NC(=S)C(COc1ccc(OCc2ccccc2)cc1)C(F)(F)F. The molecule has 0 aromatic heterocycles. The van der Waals surface area contributed by atoms with Crippen LogP contribution in [0, 0.1) is 5.92 Å². The number of ether oxygens (including phenoxy) is 2. The molecule has 0 aliphatic rings. The molecule has 2 aromatic rings. The number of hydrogen-bond acceptors (Lipinski definition) is 3. The third kappa shape index (κ3) is 5.42. The van der Waals surface area contributed by atoms with E-state index in [0.717, 1.165) is 5.56 Å². The van der Waals surface area contributed by atoms with E-state index in [1.165, 1.54) is 12.1 Å².